The Hall–Kier alpha value is -0.120. The topological polar surface area (TPSA) is 31.0 Å². The zero-order valence-corrected chi connectivity index (χ0v) is 11.8. The van der Waals surface area contributed by atoms with Gasteiger partial charge in [-0.1, -0.05) is 38.5 Å². The van der Waals surface area contributed by atoms with E-state index in [1.165, 1.54) is 64.2 Å². The predicted octanol–water partition coefficient (Wildman–Crippen LogP) is 3.61. The molecule has 0 aromatic carbocycles. The lowest BCUT2D eigenvalue weighted by molar-refractivity contribution is -0.382. The lowest BCUT2D eigenvalue weighted by Crippen LogP contribution is -2.44. The number of rotatable bonds is 2. The Kier molecular flexibility index (Phi) is 3.55. The molecule has 4 atom stereocenters. The monoisotopic (exact) mass is 266 g/mol. The zero-order valence-electron chi connectivity index (χ0n) is 11.8. The average molecular weight is 266 g/mol. The smallest absolute Gasteiger partial charge is 0.124 e. The number of epoxide rings is 1. The van der Waals surface area contributed by atoms with Gasteiger partial charge in [-0.15, -0.1) is 0 Å². The molecular weight excluding hydrogens is 240 g/mol. The second kappa shape index (κ2) is 5.34. The van der Waals surface area contributed by atoms with Gasteiger partial charge in [0.05, 0.1) is 0 Å². The quantitative estimate of drug-likeness (QED) is 0.565. The summed E-state index contributed by atoms with van der Waals surface area (Å²) in [6, 6.07) is 0. The molecule has 4 fully saturated rings. The molecule has 2 heterocycles. The van der Waals surface area contributed by atoms with Crippen LogP contribution in [-0.2, 0) is 14.5 Å². The van der Waals surface area contributed by atoms with Crippen LogP contribution < -0.4 is 0 Å². The minimum absolute atomic E-state index is 0.227. The summed E-state index contributed by atoms with van der Waals surface area (Å²) in [7, 11) is 0. The van der Waals surface area contributed by atoms with Crippen LogP contribution in [0.15, 0.2) is 0 Å². The molecule has 2 aliphatic carbocycles. The Morgan fingerprint density at radius 2 is 0.895 bits per heavy atom. The fraction of sp³-hybridized carbons (Fsp3) is 1.00. The van der Waals surface area contributed by atoms with Crippen molar-refractivity contribution in [3.8, 4) is 0 Å². The molecule has 0 unspecified atom stereocenters. The fourth-order valence-corrected chi connectivity index (χ4v) is 4.52. The van der Waals surface area contributed by atoms with Crippen LogP contribution in [0.1, 0.15) is 64.2 Å². The molecule has 3 heteroatoms. The summed E-state index contributed by atoms with van der Waals surface area (Å²) in [6.07, 6.45) is 14.6. The van der Waals surface area contributed by atoms with Crippen molar-refractivity contribution >= 4 is 0 Å². The molecule has 19 heavy (non-hydrogen) atoms. The number of hydrogen-bond acceptors (Lipinski definition) is 3. The molecule has 3 nitrogen and oxygen atoms in total. The largest absolute Gasteiger partial charge is 0.364 e. The predicted molar refractivity (Wildman–Crippen MR) is 71.6 cm³/mol. The van der Waals surface area contributed by atoms with Crippen molar-refractivity contribution in [2.75, 3.05) is 0 Å². The highest BCUT2D eigenvalue weighted by Gasteiger charge is 2.58. The number of ether oxygens (including phenoxy) is 1. The normalized spacial score (nSPS) is 44.8. The Morgan fingerprint density at radius 1 is 0.474 bits per heavy atom. The lowest BCUT2D eigenvalue weighted by Gasteiger charge is -2.35. The first-order valence-corrected chi connectivity index (χ1v) is 8.41. The van der Waals surface area contributed by atoms with Crippen LogP contribution in [0, 0.1) is 11.8 Å². The fourth-order valence-electron chi connectivity index (χ4n) is 4.52. The van der Waals surface area contributed by atoms with E-state index in [4.69, 9.17) is 14.5 Å². The summed E-state index contributed by atoms with van der Waals surface area (Å²) >= 11 is 0. The van der Waals surface area contributed by atoms with E-state index in [-0.39, 0.29) is 12.2 Å². The second-order valence-corrected chi connectivity index (χ2v) is 6.98. The van der Waals surface area contributed by atoms with E-state index in [9.17, 15) is 0 Å². The van der Waals surface area contributed by atoms with Gasteiger partial charge in [-0.2, -0.15) is 0 Å². The van der Waals surface area contributed by atoms with Crippen molar-refractivity contribution in [3.05, 3.63) is 0 Å². The summed E-state index contributed by atoms with van der Waals surface area (Å²) in [6.45, 7) is 0. The first kappa shape index (κ1) is 12.6. The minimum Gasteiger partial charge on any atom is -0.364 e. The van der Waals surface area contributed by atoms with Gasteiger partial charge in [-0.25, -0.2) is 9.78 Å². The summed E-state index contributed by atoms with van der Waals surface area (Å²) in [5.41, 5.74) is 0. The molecule has 108 valence electrons. The molecule has 0 amide bonds. The van der Waals surface area contributed by atoms with Crippen LogP contribution >= 0.6 is 0 Å². The van der Waals surface area contributed by atoms with Crippen molar-refractivity contribution < 1.29 is 14.5 Å². The first-order chi connectivity index (χ1) is 9.43. The van der Waals surface area contributed by atoms with Crippen molar-refractivity contribution in [1.82, 2.24) is 0 Å². The molecule has 2 saturated carbocycles. The van der Waals surface area contributed by atoms with E-state index in [2.05, 4.69) is 0 Å². The van der Waals surface area contributed by atoms with Crippen LogP contribution in [-0.4, -0.2) is 24.4 Å². The molecule has 4 aliphatic rings. The maximum Gasteiger partial charge on any atom is 0.124 e. The molecule has 0 spiro atoms. The van der Waals surface area contributed by atoms with Gasteiger partial charge in [-0.3, -0.25) is 0 Å². The third kappa shape index (κ3) is 2.45. The van der Waals surface area contributed by atoms with Crippen LogP contribution in [0.4, 0.5) is 0 Å². The Labute approximate surface area is 115 Å². The zero-order chi connectivity index (χ0) is 12.7. The van der Waals surface area contributed by atoms with Crippen molar-refractivity contribution in [2.24, 2.45) is 11.8 Å². The van der Waals surface area contributed by atoms with Gasteiger partial charge in [-0.05, 0) is 37.5 Å². The Morgan fingerprint density at radius 3 is 1.32 bits per heavy atom. The summed E-state index contributed by atoms with van der Waals surface area (Å²) in [5.74, 6) is 1.35. The van der Waals surface area contributed by atoms with Gasteiger partial charge in [0.1, 0.15) is 24.4 Å². The van der Waals surface area contributed by atoms with E-state index in [1.54, 1.807) is 0 Å². The maximum absolute atomic E-state index is 5.96. The lowest BCUT2D eigenvalue weighted by atomic mass is 9.80. The average Bonchev–Trinajstić information content (AvgIpc) is 3.28. The molecule has 4 rings (SSSR count). The third-order valence-corrected chi connectivity index (χ3v) is 5.72. The van der Waals surface area contributed by atoms with Gasteiger partial charge >= 0.3 is 0 Å². The van der Waals surface area contributed by atoms with Gasteiger partial charge in [0, 0.05) is 0 Å². The summed E-state index contributed by atoms with van der Waals surface area (Å²) < 4.78 is 5.96. The molecular formula is C16H26O3. The Balaban J connectivity index is 1.36. The van der Waals surface area contributed by atoms with E-state index in [0.717, 1.165) is 0 Å². The van der Waals surface area contributed by atoms with Crippen molar-refractivity contribution in [2.45, 2.75) is 88.6 Å². The molecule has 2 saturated heterocycles. The molecule has 0 aromatic heterocycles. The molecule has 2 aliphatic heterocycles. The Bertz CT molecular complexity index is 277. The van der Waals surface area contributed by atoms with Gasteiger partial charge in [0.15, 0.2) is 0 Å². The summed E-state index contributed by atoms with van der Waals surface area (Å²) in [4.78, 5) is 11.6. The molecule has 0 aromatic rings. The van der Waals surface area contributed by atoms with Gasteiger partial charge in [0.2, 0.25) is 0 Å². The van der Waals surface area contributed by atoms with Crippen LogP contribution in [0.25, 0.3) is 0 Å². The van der Waals surface area contributed by atoms with E-state index in [1.807, 2.05) is 0 Å². The highest BCUT2D eigenvalue weighted by atomic mass is 17.2. The van der Waals surface area contributed by atoms with Crippen molar-refractivity contribution in [1.29, 1.82) is 0 Å². The minimum atomic E-state index is 0.227. The van der Waals surface area contributed by atoms with Gasteiger partial charge < -0.3 is 4.74 Å². The SMILES string of the molecule is C1CCC([C@H]2OO[C@@H](C3CCCCC3)[C@H]3O[C@H]32)CC1. The van der Waals surface area contributed by atoms with E-state index < -0.39 is 0 Å². The van der Waals surface area contributed by atoms with Crippen LogP contribution in [0.2, 0.25) is 0 Å². The highest BCUT2D eigenvalue weighted by molar-refractivity contribution is 5.02. The van der Waals surface area contributed by atoms with Gasteiger partial charge in [0.25, 0.3) is 0 Å². The molecule has 0 radical (unpaired) electrons. The van der Waals surface area contributed by atoms with E-state index >= 15 is 0 Å². The van der Waals surface area contributed by atoms with Crippen LogP contribution in [0.5, 0.6) is 0 Å². The molecule has 0 N–H and O–H groups in total. The summed E-state index contributed by atoms with van der Waals surface area (Å²) in [5, 5.41) is 0. The molecule has 0 bridgehead atoms. The number of hydrogen-bond donors (Lipinski definition) is 0. The van der Waals surface area contributed by atoms with E-state index in [0.29, 0.717) is 24.0 Å². The number of fused-ring (bicyclic) bond motifs is 1. The van der Waals surface area contributed by atoms with Crippen LogP contribution in [0.3, 0.4) is 0 Å². The second-order valence-electron chi connectivity index (χ2n) is 6.98. The highest BCUT2D eigenvalue weighted by Crippen LogP contribution is 2.46. The van der Waals surface area contributed by atoms with Crippen molar-refractivity contribution in [3.63, 3.8) is 0 Å². The first-order valence-electron chi connectivity index (χ1n) is 8.41. The maximum atomic E-state index is 5.96. The third-order valence-electron chi connectivity index (χ3n) is 5.72. The standard InChI is InChI=1S/C16H26O3/c1-3-7-11(8-4-1)13-15-16(17-15)14(19-18-13)12-9-5-2-6-10-12/h11-16H,1-10H2/t13-,14+,15+,16-.